The molecule has 0 spiro atoms. The van der Waals surface area contributed by atoms with Gasteiger partial charge in [-0.15, -0.1) is 0 Å². The molecular formula is C20H21F2N7. The first kappa shape index (κ1) is 18.0. The highest BCUT2D eigenvalue weighted by Crippen LogP contribution is 2.40. The van der Waals surface area contributed by atoms with E-state index < -0.39 is 17.7 Å². The van der Waals surface area contributed by atoms with Crippen LogP contribution in [0.1, 0.15) is 67.6 Å². The molecule has 2 heterocycles. The van der Waals surface area contributed by atoms with Gasteiger partial charge in [0, 0.05) is 29.2 Å². The molecule has 2 aliphatic rings. The van der Waals surface area contributed by atoms with Crippen LogP contribution in [0.2, 0.25) is 0 Å². The van der Waals surface area contributed by atoms with Gasteiger partial charge in [0.05, 0.1) is 6.04 Å². The van der Waals surface area contributed by atoms with Gasteiger partial charge in [0.1, 0.15) is 17.5 Å². The van der Waals surface area contributed by atoms with Crippen molar-refractivity contribution in [1.29, 1.82) is 0 Å². The molecule has 0 radical (unpaired) electrons. The molecule has 29 heavy (non-hydrogen) atoms. The number of H-pyrrole nitrogens is 1. The van der Waals surface area contributed by atoms with Gasteiger partial charge < -0.3 is 10.6 Å². The van der Waals surface area contributed by atoms with E-state index in [1.54, 1.807) is 6.92 Å². The lowest BCUT2D eigenvalue weighted by atomic mass is 10.1. The molecule has 0 saturated heterocycles. The molecule has 0 amide bonds. The third-order valence-electron chi connectivity index (χ3n) is 5.22. The van der Waals surface area contributed by atoms with Gasteiger partial charge in [-0.1, -0.05) is 0 Å². The van der Waals surface area contributed by atoms with Gasteiger partial charge in [-0.3, -0.25) is 5.10 Å². The fraction of sp³-hybridized carbons (Fsp3) is 0.400. The molecule has 1 unspecified atom stereocenters. The van der Waals surface area contributed by atoms with Crippen molar-refractivity contribution in [3.8, 4) is 0 Å². The van der Waals surface area contributed by atoms with Crippen LogP contribution in [0.4, 0.5) is 26.5 Å². The molecule has 9 heteroatoms. The molecular weight excluding hydrogens is 376 g/mol. The van der Waals surface area contributed by atoms with Crippen molar-refractivity contribution < 1.29 is 8.78 Å². The van der Waals surface area contributed by atoms with Crippen LogP contribution in [0.5, 0.6) is 0 Å². The third kappa shape index (κ3) is 4.03. The topological polar surface area (TPSA) is 91.4 Å². The smallest absolute Gasteiger partial charge is 0.233 e. The van der Waals surface area contributed by atoms with E-state index in [-0.39, 0.29) is 5.56 Å². The van der Waals surface area contributed by atoms with Crippen LogP contribution in [0.25, 0.3) is 0 Å². The number of nitrogens with zero attached hydrogens (tertiary/aromatic N) is 4. The van der Waals surface area contributed by atoms with E-state index in [0.717, 1.165) is 30.7 Å². The zero-order valence-corrected chi connectivity index (χ0v) is 15.9. The van der Waals surface area contributed by atoms with Gasteiger partial charge >= 0.3 is 0 Å². The lowest BCUT2D eigenvalue weighted by molar-refractivity contribution is 0.576. The van der Waals surface area contributed by atoms with Crippen molar-refractivity contribution in [3.63, 3.8) is 0 Å². The molecule has 2 fully saturated rings. The first-order chi connectivity index (χ1) is 14.0. The summed E-state index contributed by atoms with van der Waals surface area (Å²) in [5, 5.41) is 13.5. The molecule has 7 nitrogen and oxygen atoms in total. The number of benzene rings is 1. The Morgan fingerprint density at radius 2 is 1.76 bits per heavy atom. The maximum atomic E-state index is 14.1. The van der Waals surface area contributed by atoms with Crippen molar-refractivity contribution in [3.05, 3.63) is 53.0 Å². The highest BCUT2D eigenvalue weighted by Gasteiger charge is 2.29. The van der Waals surface area contributed by atoms with Crippen molar-refractivity contribution >= 4 is 17.7 Å². The zero-order chi connectivity index (χ0) is 20.0. The minimum absolute atomic E-state index is 0.217. The molecule has 2 aliphatic carbocycles. The fourth-order valence-corrected chi connectivity index (χ4v) is 3.27. The summed E-state index contributed by atoms with van der Waals surface area (Å²) in [6, 6.07) is 4.85. The number of anilines is 3. The normalized spacial score (nSPS) is 17.2. The van der Waals surface area contributed by atoms with Crippen LogP contribution >= 0.6 is 0 Å². The molecule has 5 rings (SSSR count). The van der Waals surface area contributed by atoms with Gasteiger partial charge in [0.15, 0.2) is 5.82 Å². The first-order valence-corrected chi connectivity index (χ1v) is 9.85. The van der Waals surface area contributed by atoms with Crippen LogP contribution < -0.4 is 10.6 Å². The van der Waals surface area contributed by atoms with E-state index in [9.17, 15) is 8.78 Å². The Morgan fingerprint density at radius 1 is 1.00 bits per heavy atom. The molecule has 1 aromatic carbocycles. The van der Waals surface area contributed by atoms with E-state index in [1.165, 1.54) is 18.9 Å². The van der Waals surface area contributed by atoms with E-state index in [2.05, 4.69) is 35.8 Å². The van der Waals surface area contributed by atoms with Crippen molar-refractivity contribution in [2.75, 3.05) is 10.6 Å². The Kier molecular flexibility index (Phi) is 4.37. The average Bonchev–Trinajstić information content (AvgIpc) is 3.62. The summed E-state index contributed by atoms with van der Waals surface area (Å²) in [6.45, 7) is 1.74. The summed E-state index contributed by atoms with van der Waals surface area (Å²) in [5.74, 6) is 1.94. The number of aromatic amines is 1. The summed E-state index contributed by atoms with van der Waals surface area (Å²) in [7, 11) is 0. The molecule has 150 valence electrons. The highest BCUT2D eigenvalue weighted by molar-refractivity contribution is 5.50. The van der Waals surface area contributed by atoms with E-state index in [4.69, 9.17) is 0 Å². The maximum absolute atomic E-state index is 14.1. The number of hydrogen-bond donors (Lipinski definition) is 3. The lowest BCUT2D eigenvalue weighted by Crippen LogP contribution is -2.14. The molecule has 0 bridgehead atoms. The van der Waals surface area contributed by atoms with Crippen LogP contribution in [-0.2, 0) is 0 Å². The highest BCUT2D eigenvalue weighted by atomic mass is 19.1. The number of nitrogens with one attached hydrogen (secondary N) is 3. The third-order valence-corrected chi connectivity index (χ3v) is 5.22. The van der Waals surface area contributed by atoms with Crippen LogP contribution in [0.3, 0.4) is 0 Å². The van der Waals surface area contributed by atoms with Gasteiger partial charge in [0.25, 0.3) is 0 Å². The Balaban J connectivity index is 1.39. The summed E-state index contributed by atoms with van der Waals surface area (Å²) >= 11 is 0. The van der Waals surface area contributed by atoms with E-state index in [0.29, 0.717) is 35.4 Å². The van der Waals surface area contributed by atoms with Crippen LogP contribution in [0, 0.1) is 11.6 Å². The van der Waals surface area contributed by atoms with Gasteiger partial charge in [-0.25, -0.2) is 8.78 Å². The van der Waals surface area contributed by atoms with Crippen LogP contribution in [0.15, 0.2) is 24.3 Å². The largest absolute Gasteiger partial charge is 0.347 e. The predicted molar refractivity (Wildman–Crippen MR) is 104 cm³/mol. The summed E-state index contributed by atoms with van der Waals surface area (Å²) in [6.07, 6.45) is 4.43. The molecule has 3 N–H and O–H groups in total. The Morgan fingerprint density at radius 3 is 2.52 bits per heavy atom. The Hall–Kier alpha value is -3.10. The second-order valence-electron chi connectivity index (χ2n) is 7.75. The summed E-state index contributed by atoms with van der Waals surface area (Å²) in [4.78, 5) is 13.4. The second-order valence-corrected chi connectivity index (χ2v) is 7.75. The number of rotatable bonds is 7. The van der Waals surface area contributed by atoms with E-state index >= 15 is 0 Å². The minimum atomic E-state index is -0.514. The molecule has 2 saturated carbocycles. The Bertz CT molecular complexity index is 1040. The summed E-state index contributed by atoms with van der Waals surface area (Å²) < 4.78 is 27.6. The summed E-state index contributed by atoms with van der Waals surface area (Å²) in [5.41, 5.74) is 1.33. The lowest BCUT2D eigenvalue weighted by Gasteiger charge is -2.16. The van der Waals surface area contributed by atoms with Crippen LogP contribution in [-0.4, -0.2) is 25.1 Å². The van der Waals surface area contributed by atoms with Crippen molar-refractivity contribution in [2.24, 2.45) is 0 Å². The molecule has 1 atom stereocenters. The molecule has 2 aromatic heterocycles. The maximum Gasteiger partial charge on any atom is 0.233 e. The van der Waals surface area contributed by atoms with Gasteiger partial charge in [0.2, 0.25) is 11.9 Å². The zero-order valence-electron chi connectivity index (χ0n) is 15.9. The van der Waals surface area contributed by atoms with Gasteiger partial charge in [-0.05, 0) is 50.8 Å². The standard InChI is InChI=1S/C20H21F2N7/c1-10(14-8-13(21)6-7-15(14)22)23-19-25-18(12-4-5-12)26-20(27-19)24-17-9-16(28-29-17)11-2-3-11/h6-12H,2-5H2,1H3,(H3,23,24,25,26,27,28,29). The van der Waals surface area contributed by atoms with E-state index in [1.807, 2.05) is 6.07 Å². The average molecular weight is 397 g/mol. The number of halogens is 2. The SMILES string of the molecule is CC(Nc1nc(Nc2cc(C3CC3)[nH]n2)nc(C2CC2)n1)c1cc(F)ccc1F. The first-order valence-electron chi connectivity index (χ1n) is 9.85. The fourth-order valence-electron chi connectivity index (χ4n) is 3.27. The quantitative estimate of drug-likeness (QED) is 0.542. The predicted octanol–water partition coefficient (Wildman–Crippen LogP) is 4.54. The number of aromatic nitrogens is 5. The monoisotopic (exact) mass is 397 g/mol. The second kappa shape index (κ2) is 7.06. The molecule has 0 aliphatic heterocycles. The van der Waals surface area contributed by atoms with Crippen molar-refractivity contribution in [1.82, 2.24) is 25.1 Å². The van der Waals surface area contributed by atoms with Gasteiger partial charge in [-0.2, -0.15) is 20.1 Å². The Labute approximate surface area is 166 Å². The minimum Gasteiger partial charge on any atom is -0.347 e. The number of hydrogen-bond acceptors (Lipinski definition) is 6. The van der Waals surface area contributed by atoms with Crippen molar-refractivity contribution in [2.45, 2.75) is 50.5 Å². The molecule has 3 aromatic rings.